The maximum Gasteiger partial charge on any atom is 0.223 e. The molecule has 1 unspecified atom stereocenters. The number of carbonyl (C=O) groups excluding carboxylic acids is 1. The molecule has 1 heterocycles. The summed E-state index contributed by atoms with van der Waals surface area (Å²) >= 11 is 0. The van der Waals surface area contributed by atoms with Crippen molar-refractivity contribution >= 4 is 5.91 Å². The van der Waals surface area contributed by atoms with Crippen molar-refractivity contribution in [3.8, 4) is 0 Å². The maximum atomic E-state index is 11.8. The molecule has 1 aliphatic carbocycles. The van der Waals surface area contributed by atoms with Gasteiger partial charge >= 0.3 is 0 Å². The van der Waals surface area contributed by atoms with Gasteiger partial charge in [0.05, 0.1) is 19.5 Å². The van der Waals surface area contributed by atoms with Crippen molar-refractivity contribution in [1.29, 1.82) is 0 Å². The quantitative estimate of drug-likeness (QED) is 0.597. The summed E-state index contributed by atoms with van der Waals surface area (Å²) in [6.45, 7) is 2.58. The summed E-state index contributed by atoms with van der Waals surface area (Å²) in [6, 6.07) is 0. The fraction of sp³-hybridized carbons (Fsp3) is 0.571. The Labute approximate surface area is 113 Å². The lowest BCUT2D eigenvalue weighted by Crippen LogP contribution is -2.33. The normalized spacial score (nSPS) is 18.4. The molecule has 1 aromatic heterocycles. The molecule has 1 amide bonds. The number of amides is 1. The molecule has 0 aliphatic heterocycles. The Kier molecular flexibility index (Phi) is 5.62. The molecule has 0 aromatic carbocycles. The third-order valence-electron chi connectivity index (χ3n) is 3.24. The first-order chi connectivity index (χ1) is 9.36. The number of allylic oxidation sites excluding steroid dienone is 2. The van der Waals surface area contributed by atoms with Crippen LogP contribution in [0.5, 0.6) is 0 Å². The van der Waals surface area contributed by atoms with E-state index in [2.05, 4.69) is 22.5 Å². The van der Waals surface area contributed by atoms with E-state index in [1.54, 1.807) is 12.5 Å². The third kappa shape index (κ3) is 4.87. The Morgan fingerprint density at radius 2 is 2.37 bits per heavy atom. The van der Waals surface area contributed by atoms with E-state index >= 15 is 0 Å². The second-order valence-corrected chi connectivity index (χ2v) is 4.69. The van der Waals surface area contributed by atoms with Crippen molar-refractivity contribution in [2.45, 2.75) is 25.8 Å². The predicted molar refractivity (Wildman–Crippen MR) is 72.5 cm³/mol. The topological polar surface area (TPSA) is 56.1 Å². The van der Waals surface area contributed by atoms with Gasteiger partial charge in [-0.15, -0.1) is 0 Å². The lowest BCUT2D eigenvalue weighted by Gasteiger charge is -2.17. The molecule has 0 saturated heterocycles. The van der Waals surface area contributed by atoms with Gasteiger partial charge in [-0.25, -0.2) is 4.98 Å². The minimum absolute atomic E-state index is 0.149. The molecule has 0 radical (unpaired) electrons. The molecular formula is C14H21N3O2. The second-order valence-electron chi connectivity index (χ2n) is 4.69. The molecular weight excluding hydrogens is 242 g/mol. The Morgan fingerprint density at radius 1 is 1.42 bits per heavy atom. The van der Waals surface area contributed by atoms with E-state index < -0.39 is 0 Å². The Hall–Kier alpha value is -1.62. The van der Waals surface area contributed by atoms with Crippen LogP contribution in [0.4, 0.5) is 0 Å². The molecule has 5 nitrogen and oxygen atoms in total. The SMILES string of the molecule is O=C(NCCOCCn1ccnc1)C1CC=CCC1. The molecule has 0 saturated carbocycles. The van der Waals surface area contributed by atoms with Crippen LogP contribution in [0.1, 0.15) is 19.3 Å². The zero-order chi connectivity index (χ0) is 13.3. The summed E-state index contributed by atoms with van der Waals surface area (Å²) < 4.78 is 7.43. The van der Waals surface area contributed by atoms with Gasteiger partial charge in [-0.2, -0.15) is 0 Å². The summed E-state index contributed by atoms with van der Waals surface area (Å²) in [6.07, 6.45) is 12.5. The molecule has 2 rings (SSSR count). The highest BCUT2D eigenvalue weighted by Gasteiger charge is 2.17. The number of rotatable bonds is 7. The lowest BCUT2D eigenvalue weighted by molar-refractivity contribution is -0.125. The Morgan fingerprint density at radius 3 is 3.11 bits per heavy atom. The van der Waals surface area contributed by atoms with Crippen molar-refractivity contribution in [1.82, 2.24) is 14.9 Å². The number of nitrogens with one attached hydrogen (secondary N) is 1. The van der Waals surface area contributed by atoms with Crippen molar-refractivity contribution in [3.63, 3.8) is 0 Å². The summed E-state index contributed by atoms with van der Waals surface area (Å²) in [5, 5.41) is 2.93. The molecule has 0 spiro atoms. The van der Waals surface area contributed by atoms with Gasteiger partial charge in [0.2, 0.25) is 5.91 Å². The number of aromatic nitrogens is 2. The van der Waals surface area contributed by atoms with Gasteiger partial charge in [0.1, 0.15) is 0 Å². The first-order valence-corrected chi connectivity index (χ1v) is 6.82. The highest BCUT2D eigenvalue weighted by Crippen LogP contribution is 2.17. The average molecular weight is 263 g/mol. The van der Waals surface area contributed by atoms with E-state index in [9.17, 15) is 4.79 Å². The van der Waals surface area contributed by atoms with Gasteiger partial charge in [0.15, 0.2) is 0 Å². The highest BCUT2D eigenvalue weighted by molar-refractivity contribution is 5.78. The summed E-state index contributed by atoms with van der Waals surface area (Å²) in [5.74, 6) is 0.304. The number of ether oxygens (including phenoxy) is 1. The van der Waals surface area contributed by atoms with Crippen LogP contribution >= 0.6 is 0 Å². The van der Waals surface area contributed by atoms with Crippen LogP contribution in [0.2, 0.25) is 0 Å². The van der Waals surface area contributed by atoms with E-state index in [1.165, 1.54) is 0 Å². The van der Waals surface area contributed by atoms with Crippen LogP contribution in [0.25, 0.3) is 0 Å². The molecule has 1 N–H and O–H groups in total. The third-order valence-corrected chi connectivity index (χ3v) is 3.24. The van der Waals surface area contributed by atoms with E-state index in [1.807, 2.05) is 10.8 Å². The van der Waals surface area contributed by atoms with E-state index in [-0.39, 0.29) is 11.8 Å². The van der Waals surface area contributed by atoms with Crippen molar-refractivity contribution < 1.29 is 9.53 Å². The average Bonchev–Trinajstić information content (AvgIpc) is 2.96. The summed E-state index contributed by atoms with van der Waals surface area (Å²) in [7, 11) is 0. The van der Waals surface area contributed by atoms with Gasteiger partial charge in [-0.3, -0.25) is 4.79 Å². The monoisotopic (exact) mass is 263 g/mol. The largest absolute Gasteiger partial charge is 0.378 e. The lowest BCUT2D eigenvalue weighted by atomic mass is 9.94. The highest BCUT2D eigenvalue weighted by atomic mass is 16.5. The minimum atomic E-state index is 0.149. The zero-order valence-corrected chi connectivity index (χ0v) is 11.1. The number of imidazole rings is 1. The molecule has 1 atom stereocenters. The van der Waals surface area contributed by atoms with E-state index in [0.29, 0.717) is 19.8 Å². The molecule has 1 aliphatic rings. The number of nitrogens with zero attached hydrogens (tertiary/aromatic N) is 2. The molecule has 0 bridgehead atoms. The number of carbonyl (C=O) groups is 1. The fourth-order valence-corrected chi connectivity index (χ4v) is 2.11. The van der Waals surface area contributed by atoms with E-state index in [4.69, 9.17) is 4.74 Å². The number of hydrogen-bond acceptors (Lipinski definition) is 3. The molecule has 5 heteroatoms. The van der Waals surface area contributed by atoms with Crippen LogP contribution in [0.3, 0.4) is 0 Å². The second kappa shape index (κ2) is 7.74. The predicted octanol–water partition coefficient (Wildman–Crippen LogP) is 1.37. The van der Waals surface area contributed by atoms with Crippen molar-refractivity contribution in [2.75, 3.05) is 19.8 Å². The number of hydrogen-bond donors (Lipinski definition) is 1. The molecule has 0 fully saturated rings. The van der Waals surface area contributed by atoms with Gasteiger partial charge < -0.3 is 14.6 Å². The molecule has 19 heavy (non-hydrogen) atoms. The smallest absolute Gasteiger partial charge is 0.223 e. The van der Waals surface area contributed by atoms with Crippen LogP contribution in [-0.2, 0) is 16.1 Å². The van der Waals surface area contributed by atoms with Gasteiger partial charge in [-0.1, -0.05) is 12.2 Å². The summed E-state index contributed by atoms with van der Waals surface area (Å²) in [4.78, 5) is 15.8. The van der Waals surface area contributed by atoms with Crippen LogP contribution in [0, 0.1) is 5.92 Å². The first-order valence-electron chi connectivity index (χ1n) is 6.82. The molecule has 104 valence electrons. The van der Waals surface area contributed by atoms with Gasteiger partial charge in [-0.05, 0) is 19.3 Å². The molecule has 1 aromatic rings. The Bertz CT molecular complexity index is 401. The Balaban J connectivity index is 1.49. The first kappa shape index (κ1) is 13.8. The van der Waals surface area contributed by atoms with E-state index in [0.717, 1.165) is 25.8 Å². The van der Waals surface area contributed by atoms with Gasteiger partial charge in [0.25, 0.3) is 0 Å². The van der Waals surface area contributed by atoms with Crippen molar-refractivity contribution in [2.24, 2.45) is 5.92 Å². The van der Waals surface area contributed by atoms with Crippen LogP contribution in [-0.4, -0.2) is 35.2 Å². The minimum Gasteiger partial charge on any atom is -0.378 e. The van der Waals surface area contributed by atoms with Crippen LogP contribution in [0.15, 0.2) is 30.9 Å². The fourth-order valence-electron chi connectivity index (χ4n) is 2.11. The standard InChI is InChI=1S/C14H21N3O2/c18-14(13-4-2-1-3-5-13)16-7-10-19-11-9-17-8-6-15-12-17/h1-2,6,8,12-13H,3-5,7,9-11H2,(H,16,18). The van der Waals surface area contributed by atoms with Gasteiger partial charge in [0, 0.05) is 31.4 Å². The van der Waals surface area contributed by atoms with Crippen LogP contribution < -0.4 is 5.32 Å². The summed E-state index contributed by atoms with van der Waals surface area (Å²) in [5.41, 5.74) is 0. The zero-order valence-electron chi connectivity index (χ0n) is 11.1. The maximum absolute atomic E-state index is 11.8. The van der Waals surface area contributed by atoms with Crippen molar-refractivity contribution in [3.05, 3.63) is 30.9 Å².